The summed E-state index contributed by atoms with van der Waals surface area (Å²) in [6.07, 6.45) is 11.0. The van der Waals surface area contributed by atoms with Gasteiger partial charge in [-0.3, -0.25) is 10.2 Å². The Labute approximate surface area is 195 Å². The molecule has 2 aromatic heterocycles. The molecule has 4 N–H and O–H groups in total. The Kier molecular flexibility index (Phi) is 5.50. The summed E-state index contributed by atoms with van der Waals surface area (Å²) < 4.78 is 1.88. The van der Waals surface area contributed by atoms with Gasteiger partial charge in [0.1, 0.15) is 11.9 Å². The zero-order valence-corrected chi connectivity index (χ0v) is 19.5. The number of nitrogens with two attached hydrogens (primary N) is 1. The molecule has 3 aliphatic heterocycles. The number of carbonyl (C=O) groups is 1. The minimum Gasteiger partial charge on any atom is -0.355 e. The highest BCUT2D eigenvalue weighted by atomic mass is 16.2. The maximum Gasteiger partial charge on any atom is 0.241 e. The molecule has 0 bridgehead atoms. The van der Waals surface area contributed by atoms with Crippen LogP contribution in [0.15, 0.2) is 12.3 Å². The number of likely N-dealkylation sites (tertiary alicyclic amines) is 1. The fraction of sp³-hybridized carbons (Fsp3) is 0.708. The van der Waals surface area contributed by atoms with E-state index in [-0.39, 0.29) is 24.0 Å². The van der Waals surface area contributed by atoms with Gasteiger partial charge in [0.25, 0.3) is 0 Å². The molecule has 0 aromatic carbocycles. The minimum absolute atomic E-state index is 0.0151. The van der Waals surface area contributed by atoms with Crippen LogP contribution in [0.5, 0.6) is 0 Å². The Morgan fingerprint density at radius 3 is 2.79 bits per heavy atom. The van der Waals surface area contributed by atoms with Gasteiger partial charge < -0.3 is 15.5 Å². The highest BCUT2D eigenvalue weighted by Crippen LogP contribution is 2.36. The molecule has 5 atom stereocenters. The first kappa shape index (κ1) is 21.3. The average molecular weight is 453 g/mol. The number of amides is 1. The van der Waals surface area contributed by atoms with E-state index in [1.165, 1.54) is 12.8 Å². The Hall–Kier alpha value is -2.23. The van der Waals surface area contributed by atoms with Gasteiger partial charge in [-0.1, -0.05) is 12.8 Å². The molecule has 0 spiro atoms. The SMILES string of the molecule is Cc1cn2nc([C@@H]3CCCCN3C(=O)C3NNC4CCCCC43)cc2nc1N1CC[C@H](N)C1. The number of hydrazine groups is 1. The Bertz CT molecular complexity index is 1040. The molecular weight excluding hydrogens is 416 g/mol. The first-order chi connectivity index (χ1) is 16.1. The number of hydrogen-bond acceptors (Lipinski definition) is 7. The number of nitrogens with zero attached hydrogens (tertiary/aromatic N) is 5. The fourth-order valence-electron chi connectivity index (χ4n) is 6.45. The second kappa shape index (κ2) is 8.52. The topological polar surface area (TPSA) is 104 Å². The standard InChI is InChI=1S/C24H36N8O/c1-15-13-32-21(26-23(15)30-11-9-16(25)14-30)12-19(29-32)20-8-4-5-10-31(20)24(33)22-17-6-2-3-7-18(17)27-28-22/h12-13,16-18,20,22,27-28H,2-11,14,25H2,1H3/t16-,17?,18?,20-,22?/m0/s1. The quantitative estimate of drug-likeness (QED) is 0.651. The van der Waals surface area contributed by atoms with E-state index in [2.05, 4.69) is 39.8 Å². The predicted molar refractivity (Wildman–Crippen MR) is 127 cm³/mol. The summed E-state index contributed by atoms with van der Waals surface area (Å²) >= 11 is 0. The summed E-state index contributed by atoms with van der Waals surface area (Å²) in [6, 6.07) is 2.61. The molecule has 178 valence electrons. The number of nitrogens with one attached hydrogen (secondary N) is 2. The third kappa shape index (κ3) is 3.80. The Balaban J connectivity index is 1.27. The molecule has 4 aliphatic rings. The van der Waals surface area contributed by atoms with Crippen molar-refractivity contribution in [2.45, 2.75) is 82.5 Å². The van der Waals surface area contributed by atoms with Gasteiger partial charge in [-0.15, -0.1) is 0 Å². The van der Waals surface area contributed by atoms with E-state index in [9.17, 15) is 4.79 Å². The normalized spacial score (nSPS) is 32.5. The van der Waals surface area contributed by atoms with E-state index >= 15 is 0 Å². The van der Waals surface area contributed by atoms with Crippen molar-refractivity contribution in [3.63, 3.8) is 0 Å². The highest BCUT2D eigenvalue weighted by Gasteiger charge is 2.44. The number of rotatable bonds is 3. The van der Waals surface area contributed by atoms with Crippen LogP contribution in [0.2, 0.25) is 0 Å². The molecule has 5 heterocycles. The second-order valence-corrected chi connectivity index (χ2v) is 10.5. The highest BCUT2D eigenvalue weighted by molar-refractivity contribution is 5.83. The second-order valence-electron chi connectivity index (χ2n) is 10.5. The lowest BCUT2D eigenvalue weighted by atomic mass is 9.81. The minimum atomic E-state index is -0.126. The maximum absolute atomic E-state index is 13.7. The zero-order valence-electron chi connectivity index (χ0n) is 19.5. The maximum atomic E-state index is 13.7. The lowest BCUT2D eigenvalue weighted by Gasteiger charge is -2.37. The van der Waals surface area contributed by atoms with Crippen LogP contribution < -0.4 is 21.5 Å². The third-order valence-corrected chi connectivity index (χ3v) is 8.21. The number of carbonyl (C=O) groups excluding carboxylic acids is 1. The zero-order chi connectivity index (χ0) is 22.5. The molecule has 1 aliphatic carbocycles. The van der Waals surface area contributed by atoms with E-state index in [4.69, 9.17) is 15.8 Å². The summed E-state index contributed by atoms with van der Waals surface area (Å²) in [5.74, 6) is 1.63. The number of anilines is 1. The molecule has 3 saturated heterocycles. The predicted octanol–water partition coefficient (Wildman–Crippen LogP) is 1.66. The summed E-state index contributed by atoms with van der Waals surface area (Å²) in [5.41, 5.74) is 15.8. The van der Waals surface area contributed by atoms with Crippen LogP contribution >= 0.6 is 0 Å². The molecule has 1 saturated carbocycles. The molecule has 6 rings (SSSR count). The number of piperidine rings is 1. The van der Waals surface area contributed by atoms with Crippen molar-refractivity contribution in [3.05, 3.63) is 23.5 Å². The van der Waals surface area contributed by atoms with Gasteiger partial charge >= 0.3 is 0 Å². The van der Waals surface area contributed by atoms with Gasteiger partial charge in [0.2, 0.25) is 5.91 Å². The van der Waals surface area contributed by atoms with Gasteiger partial charge in [0.05, 0.1) is 11.7 Å². The fourth-order valence-corrected chi connectivity index (χ4v) is 6.45. The van der Waals surface area contributed by atoms with Crippen LogP contribution in [0, 0.1) is 12.8 Å². The lowest BCUT2D eigenvalue weighted by Crippen LogP contribution is -2.50. The van der Waals surface area contributed by atoms with E-state index in [0.717, 1.165) is 80.9 Å². The van der Waals surface area contributed by atoms with Crippen molar-refractivity contribution in [2.75, 3.05) is 24.5 Å². The molecule has 9 heteroatoms. The van der Waals surface area contributed by atoms with Crippen LogP contribution in [0.3, 0.4) is 0 Å². The molecule has 0 radical (unpaired) electrons. The van der Waals surface area contributed by atoms with E-state index < -0.39 is 0 Å². The van der Waals surface area contributed by atoms with Crippen molar-refractivity contribution in [1.29, 1.82) is 0 Å². The van der Waals surface area contributed by atoms with Gasteiger partial charge in [0, 0.05) is 55.5 Å². The van der Waals surface area contributed by atoms with Gasteiger partial charge in [0.15, 0.2) is 5.65 Å². The molecular formula is C24H36N8O. The molecule has 2 aromatic rings. The molecule has 3 unspecified atom stereocenters. The van der Waals surface area contributed by atoms with Gasteiger partial charge in [-0.05, 0) is 45.4 Å². The summed E-state index contributed by atoms with van der Waals surface area (Å²) in [7, 11) is 0. The Morgan fingerprint density at radius 1 is 1.09 bits per heavy atom. The summed E-state index contributed by atoms with van der Waals surface area (Å²) in [6.45, 7) is 4.68. The third-order valence-electron chi connectivity index (χ3n) is 8.21. The number of aryl methyl sites for hydroxylation is 1. The van der Waals surface area contributed by atoms with Crippen molar-refractivity contribution in [1.82, 2.24) is 30.3 Å². The average Bonchev–Trinajstić information content (AvgIpc) is 3.55. The number of aromatic nitrogens is 3. The van der Waals surface area contributed by atoms with E-state index in [1.54, 1.807) is 0 Å². The lowest BCUT2D eigenvalue weighted by molar-refractivity contribution is -0.138. The summed E-state index contributed by atoms with van der Waals surface area (Å²) in [4.78, 5) is 23.0. The van der Waals surface area contributed by atoms with Crippen LogP contribution in [0.1, 0.15) is 68.7 Å². The smallest absolute Gasteiger partial charge is 0.241 e. The van der Waals surface area contributed by atoms with Crippen molar-refractivity contribution >= 4 is 17.4 Å². The van der Waals surface area contributed by atoms with Gasteiger partial charge in [-0.2, -0.15) is 5.10 Å². The molecule has 9 nitrogen and oxygen atoms in total. The molecule has 4 fully saturated rings. The van der Waals surface area contributed by atoms with Crippen LogP contribution in [-0.4, -0.2) is 63.2 Å². The summed E-state index contributed by atoms with van der Waals surface area (Å²) in [5, 5.41) is 4.90. The Morgan fingerprint density at radius 2 is 1.94 bits per heavy atom. The number of fused-ring (bicyclic) bond motifs is 2. The molecule has 1 amide bonds. The number of hydrogen-bond donors (Lipinski definition) is 3. The van der Waals surface area contributed by atoms with Gasteiger partial charge in [-0.25, -0.2) is 14.9 Å². The van der Waals surface area contributed by atoms with Crippen molar-refractivity contribution in [3.8, 4) is 0 Å². The van der Waals surface area contributed by atoms with E-state index in [0.29, 0.717) is 12.0 Å². The van der Waals surface area contributed by atoms with Crippen molar-refractivity contribution in [2.24, 2.45) is 11.7 Å². The van der Waals surface area contributed by atoms with Crippen LogP contribution in [0.4, 0.5) is 5.82 Å². The van der Waals surface area contributed by atoms with Crippen LogP contribution in [0.25, 0.3) is 5.65 Å². The first-order valence-electron chi connectivity index (χ1n) is 12.8. The monoisotopic (exact) mass is 452 g/mol. The largest absolute Gasteiger partial charge is 0.355 e. The van der Waals surface area contributed by atoms with Crippen LogP contribution in [-0.2, 0) is 4.79 Å². The van der Waals surface area contributed by atoms with E-state index in [1.807, 2.05) is 4.52 Å². The first-order valence-corrected chi connectivity index (χ1v) is 12.8. The molecule has 33 heavy (non-hydrogen) atoms. The van der Waals surface area contributed by atoms with Crippen molar-refractivity contribution < 1.29 is 4.79 Å².